The Morgan fingerprint density at radius 2 is 1.91 bits per heavy atom. The van der Waals surface area contributed by atoms with Crippen LogP contribution in [0.5, 0.6) is 5.88 Å². The molecule has 0 radical (unpaired) electrons. The third-order valence-electron chi connectivity index (χ3n) is 4.44. The van der Waals surface area contributed by atoms with Crippen LogP contribution in [0.15, 0.2) is 23.3 Å². The molecule has 1 aromatic rings. The van der Waals surface area contributed by atoms with Gasteiger partial charge in [0.15, 0.2) is 6.86 Å². The van der Waals surface area contributed by atoms with Gasteiger partial charge in [0, 0.05) is 19.2 Å². The van der Waals surface area contributed by atoms with E-state index in [-0.39, 0.29) is 12.2 Å². The molecule has 1 aromatic heterocycles. The Hall–Kier alpha value is -1.69. The van der Waals surface area contributed by atoms with Crippen molar-refractivity contribution < 1.29 is 13.9 Å². The molecule has 0 bridgehead atoms. The molecule has 0 unspecified atom stereocenters. The quantitative estimate of drug-likeness (QED) is 0.594. The first kappa shape index (κ1) is 16.2. The molecule has 2 heterocycles. The minimum atomic E-state index is -0.697. The first-order chi connectivity index (χ1) is 11.3. The van der Waals surface area contributed by atoms with Crippen molar-refractivity contribution in [3.63, 3.8) is 0 Å². The highest BCUT2D eigenvalue weighted by molar-refractivity contribution is 5.61. The number of likely N-dealkylation sites (tertiary alicyclic amines) is 1. The Morgan fingerprint density at radius 3 is 2.57 bits per heavy atom. The molecule has 1 aliphatic carbocycles. The summed E-state index contributed by atoms with van der Waals surface area (Å²) in [6.07, 6.45) is 9.74. The number of rotatable bonds is 6. The fourth-order valence-corrected chi connectivity index (χ4v) is 3.10. The van der Waals surface area contributed by atoms with Crippen molar-refractivity contribution in [3.05, 3.63) is 18.3 Å². The van der Waals surface area contributed by atoms with Gasteiger partial charge in [-0.25, -0.2) is 14.4 Å². The molecule has 0 spiro atoms. The number of halogens is 1. The highest BCUT2D eigenvalue weighted by atomic mass is 19.1. The zero-order chi connectivity index (χ0) is 15.9. The molecule has 1 saturated heterocycles. The Bertz CT molecular complexity index is 495. The number of hydrogen-bond acceptors (Lipinski definition) is 4. The van der Waals surface area contributed by atoms with Gasteiger partial charge in [0.05, 0.1) is 24.3 Å². The lowest BCUT2D eigenvalue weighted by atomic mass is 9.95. The number of nitrogens with zero attached hydrogens (tertiary/aromatic N) is 3. The molecule has 0 amide bonds. The normalized spacial score (nSPS) is 25.2. The monoisotopic (exact) mass is 321 g/mol. The zero-order valence-corrected chi connectivity index (χ0v) is 13.4. The van der Waals surface area contributed by atoms with Gasteiger partial charge in [-0.05, 0) is 44.6 Å². The first-order valence-electron chi connectivity index (χ1n) is 8.42. The van der Waals surface area contributed by atoms with Gasteiger partial charge in [-0.3, -0.25) is 0 Å². The van der Waals surface area contributed by atoms with Crippen molar-refractivity contribution in [1.29, 1.82) is 0 Å². The predicted octanol–water partition coefficient (Wildman–Crippen LogP) is 3.47. The summed E-state index contributed by atoms with van der Waals surface area (Å²) >= 11 is 0. The molecule has 3 rings (SSSR count). The van der Waals surface area contributed by atoms with E-state index in [0.717, 1.165) is 44.5 Å². The maximum Gasteiger partial charge on any atom is 0.213 e. The van der Waals surface area contributed by atoms with Gasteiger partial charge in [-0.15, -0.1) is 0 Å². The summed E-state index contributed by atoms with van der Waals surface area (Å²) in [5.74, 6) is 0.625. The fourth-order valence-electron chi connectivity index (χ4n) is 3.10. The number of aromatic nitrogens is 1. The third-order valence-corrected chi connectivity index (χ3v) is 4.44. The molecule has 1 aliphatic heterocycles. The van der Waals surface area contributed by atoms with Crippen LogP contribution in [0.1, 0.15) is 38.5 Å². The van der Waals surface area contributed by atoms with Gasteiger partial charge in [0.1, 0.15) is 6.10 Å². The number of ether oxygens (including phenoxy) is 2. The number of aliphatic imine (C=N–C) groups is 1. The Labute approximate surface area is 136 Å². The van der Waals surface area contributed by atoms with Crippen molar-refractivity contribution in [2.45, 2.75) is 50.7 Å². The molecule has 23 heavy (non-hydrogen) atoms. The number of hydrogen-bond donors (Lipinski definition) is 0. The maximum atomic E-state index is 12.1. The van der Waals surface area contributed by atoms with Crippen LogP contribution in [0.4, 0.5) is 10.1 Å². The zero-order valence-electron chi connectivity index (χ0n) is 13.4. The van der Waals surface area contributed by atoms with E-state index in [0.29, 0.717) is 5.88 Å². The molecule has 6 heteroatoms. The van der Waals surface area contributed by atoms with E-state index in [9.17, 15) is 4.39 Å². The summed E-state index contributed by atoms with van der Waals surface area (Å²) in [6.45, 7) is 1.48. The molecule has 126 valence electrons. The molecule has 2 fully saturated rings. The summed E-state index contributed by atoms with van der Waals surface area (Å²) in [5.41, 5.74) is 0.837. The molecular weight excluding hydrogens is 297 g/mol. The lowest BCUT2D eigenvalue weighted by Crippen LogP contribution is -2.28. The lowest BCUT2D eigenvalue weighted by Gasteiger charge is -2.27. The Morgan fingerprint density at radius 1 is 1.17 bits per heavy atom. The van der Waals surface area contributed by atoms with Crippen molar-refractivity contribution in [3.8, 4) is 5.88 Å². The van der Waals surface area contributed by atoms with Crippen LogP contribution in [-0.4, -0.2) is 48.4 Å². The van der Waals surface area contributed by atoms with Crippen LogP contribution in [0.25, 0.3) is 0 Å². The van der Waals surface area contributed by atoms with Crippen molar-refractivity contribution in [1.82, 2.24) is 9.88 Å². The second kappa shape index (κ2) is 8.24. The van der Waals surface area contributed by atoms with E-state index in [1.54, 1.807) is 6.20 Å². The Kier molecular flexibility index (Phi) is 5.80. The van der Waals surface area contributed by atoms with Crippen LogP contribution in [0.3, 0.4) is 0 Å². The molecule has 5 nitrogen and oxygen atoms in total. The first-order valence-corrected chi connectivity index (χ1v) is 8.42. The van der Waals surface area contributed by atoms with Crippen LogP contribution in [0, 0.1) is 0 Å². The van der Waals surface area contributed by atoms with E-state index in [2.05, 4.69) is 14.9 Å². The summed E-state index contributed by atoms with van der Waals surface area (Å²) in [6, 6.07) is 3.79. The van der Waals surface area contributed by atoms with Crippen molar-refractivity contribution in [2.75, 3.05) is 20.0 Å². The molecular formula is C17H24FN3O2. The van der Waals surface area contributed by atoms with Crippen molar-refractivity contribution >= 4 is 12.0 Å². The molecule has 2 aliphatic rings. The largest absolute Gasteiger partial charge is 0.474 e. The number of alkyl halides is 1. The fraction of sp³-hybridized carbons (Fsp3) is 0.647. The molecule has 1 saturated carbocycles. The van der Waals surface area contributed by atoms with Crippen LogP contribution in [0.2, 0.25) is 0 Å². The van der Waals surface area contributed by atoms with Crippen LogP contribution in [-0.2, 0) is 4.74 Å². The topological polar surface area (TPSA) is 47.0 Å². The summed E-state index contributed by atoms with van der Waals surface area (Å²) in [4.78, 5) is 11.0. The van der Waals surface area contributed by atoms with Crippen LogP contribution >= 0.6 is 0 Å². The highest BCUT2D eigenvalue weighted by Crippen LogP contribution is 2.25. The standard InChI is InChI=1S/C17H24FN3O2/c18-12-22-15-4-6-16(7-5-15)23-17-8-3-14(11-19-17)20-13-21-9-1-2-10-21/h3,8,11,13,15-16H,1-2,4-7,9-10,12H2. The minimum Gasteiger partial charge on any atom is -0.474 e. The second-order valence-electron chi connectivity index (χ2n) is 6.13. The van der Waals surface area contributed by atoms with E-state index in [1.807, 2.05) is 18.5 Å². The number of pyridine rings is 1. The average Bonchev–Trinajstić information content (AvgIpc) is 3.10. The second-order valence-corrected chi connectivity index (χ2v) is 6.13. The third kappa shape index (κ3) is 4.89. The van der Waals surface area contributed by atoms with Gasteiger partial charge in [0.25, 0.3) is 0 Å². The van der Waals surface area contributed by atoms with Crippen LogP contribution < -0.4 is 4.74 Å². The van der Waals surface area contributed by atoms with Gasteiger partial charge in [0.2, 0.25) is 5.88 Å². The Balaban J connectivity index is 1.46. The maximum absolute atomic E-state index is 12.1. The van der Waals surface area contributed by atoms with Gasteiger partial charge in [-0.1, -0.05) is 0 Å². The molecule has 0 aromatic carbocycles. The summed E-state index contributed by atoms with van der Waals surface area (Å²) < 4.78 is 23.0. The van der Waals surface area contributed by atoms with E-state index >= 15 is 0 Å². The van der Waals surface area contributed by atoms with Gasteiger partial charge in [-0.2, -0.15) is 0 Å². The minimum absolute atomic E-state index is 0.0371. The SMILES string of the molecule is FCOC1CCC(Oc2ccc(N=CN3CCCC3)cn2)CC1. The van der Waals surface area contributed by atoms with E-state index < -0.39 is 6.86 Å². The lowest BCUT2D eigenvalue weighted by molar-refractivity contribution is -0.0374. The highest BCUT2D eigenvalue weighted by Gasteiger charge is 2.23. The van der Waals surface area contributed by atoms with E-state index in [1.165, 1.54) is 12.8 Å². The van der Waals surface area contributed by atoms with E-state index in [4.69, 9.17) is 9.47 Å². The smallest absolute Gasteiger partial charge is 0.213 e. The predicted molar refractivity (Wildman–Crippen MR) is 86.9 cm³/mol. The molecule has 0 N–H and O–H groups in total. The van der Waals surface area contributed by atoms with Crippen molar-refractivity contribution in [2.24, 2.45) is 4.99 Å². The molecule has 0 atom stereocenters. The van der Waals surface area contributed by atoms with Gasteiger partial charge < -0.3 is 14.4 Å². The van der Waals surface area contributed by atoms with Gasteiger partial charge >= 0.3 is 0 Å². The average molecular weight is 321 g/mol. The summed E-state index contributed by atoms with van der Waals surface area (Å²) in [5, 5.41) is 0. The summed E-state index contributed by atoms with van der Waals surface area (Å²) in [7, 11) is 0.